The van der Waals surface area contributed by atoms with Crippen LogP contribution in [0.4, 0.5) is 0 Å². The van der Waals surface area contributed by atoms with E-state index in [2.05, 4.69) is 17.1 Å². The standard InChI is InChI=1S/C8H16N2.ClH/c1-7-6-10(5-4-9-7)8-2-3-8;/h7-9H,2-6H2,1H3;1H/t7-;/m0./s1. The predicted molar refractivity (Wildman–Crippen MR) is 49.3 cm³/mol. The summed E-state index contributed by atoms with van der Waals surface area (Å²) >= 11 is 0. The average molecular weight is 177 g/mol. The molecule has 0 aromatic heterocycles. The highest BCUT2D eigenvalue weighted by atomic mass is 35.5. The molecule has 2 fully saturated rings. The Kier molecular flexibility index (Phi) is 3.16. The Morgan fingerprint density at radius 2 is 2.09 bits per heavy atom. The molecule has 0 bridgehead atoms. The van der Waals surface area contributed by atoms with Gasteiger partial charge in [-0.25, -0.2) is 0 Å². The number of piperazine rings is 1. The maximum atomic E-state index is 3.45. The van der Waals surface area contributed by atoms with E-state index in [9.17, 15) is 0 Å². The van der Waals surface area contributed by atoms with E-state index >= 15 is 0 Å². The summed E-state index contributed by atoms with van der Waals surface area (Å²) < 4.78 is 0. The summed E-state index contributed by atoms with van der Waals surface area (Å²) in [6.07, 6.45) is 2.90. The van der Waals surface area contributed by atoms with E-state index in [-0.39, 0.29) is 12.4 Å². The Labute approximate surface area is 74.7 Å². The second kappa shape index (κ2) is 3.74. The molecule has 0 amide bonds. The molecule has 2 rings (SSSR count). The van der Waals surface area contributed by atoms with Crippen molar-refractivity contribution < 1.29 is 0 Å². The molecule has 66 valence electrons. The smallest absolute Gasteiger partial charge is 0.0167 e. The maximum Gasteiger partial charge on any atom is 0.0167 e. The van der Waals surface area contributed by atoms with E-state index in [4.69, 9.17) is 0 Å². The first-order valence-electron chi connectivity index (χ1n) is 4.33. The lowest BCUT2D eigenvalue weighted by Crippen LogP contribution is -2.49. The van der Waals surface area contributed by atoms with E-state index in [1.165, 1.54) is 32.5 Å². The first-order chi connectivity index (χ1) is 4.86. The van der Waals surface area contributed by atoms with Crippen LogP contribution in [0.15, 0.2) is 0 Å². The van der Waals surface area contributed by atoms with Crippen molar-refractivity contribution in [1.82, 2.24) is 10.2 Å². The van der Waals surface area contributed by atoms with Crippen molar-refractivity contribution in [2.75, 3.05) is 19.6 Å². The van der Waals surface area contributed by atoms with Gasteiger partial charge in [-0.3, -0.25) is 4.90 Å². The third-order valence-corrected chi connectivity index (χ3v) is 2.46. The van der Waals surface area contributed by atoms with Crippen LogP contribution in [0, 0.1) is 0 Å². The minimum atomic E-state index is 0. The van der Waals surface area contributed by atoms with E-state index in [0.29, 0.717) is 6.04 Å². The van der Waals surface area contributed by atoms with Crippen LogP contribution in [0.5, 0.6) is 0 Å². The lowest BCUT2D eigenvalue weighted by molar-refractivity contribution is 0.198. The molecule has 1 heterocycles. The predicted octanol–water partition coefficient (Wildman–Crippen LogP) is 0.864. The molecule has 2 nitrogen and oxygen atoms in total. The molecule has 1 saturated heterocycles. The van der Waals surface area contributed by atoms with Crippen molar-refractivity contribution >= 4 is 12.4 Å². The molecule has 1 aliphatic carbocycles. The van der Waals surface area contributed by atoms with Crippen LogP contribution in [0.3, 0.4) is 0 Å². The Bertz CT molecular complexity index is 125. The quantitative estimate of drug-likeness (QED) is 0.638. The van der Waals surface area contributed by atoms with Crippen LogP contribution < -0.4 is 5.32 Å². The van der Waals surface area contributed by atoms with Crippen molar-refractivity contribution in [3.63, 3.8) is 0 Å². The first-order valence-corrected chi connectivity index (χ1v) is 4.33. The van der Waals surface area contributed by atoms with Crippen molar-refractivity contribution in [2.24, 2.45) is 0 Å². The maximum absolute atomic E-state index is 3.45. The normalized spacial score (nSPS) is 33.0. The van der Waals surface area contributed by atoms with Crippen LogP contribution in [0.2, 0.25) is 0 Å². The van der Waals surface area contributed by atoms with Crippen molar-refractivity contribution in [3.8, 4) is 0 Å². The highest BCUT2D eigenvalue weighted by Gasteiger charge is 2.30. The third kappa shape index (κ3) is 2.32. The van der Waals surface area contributed by atoms with Gasteiger partial charge in [-0.1, -0.05) is 0 Å². The number of hydrogen-bond acceptors (Lipinski definition) is 2. The largest absolute Gasteiger partial charge is 0.312 e. The monoisotopic (exact) mass is 176 g/mol. The second-order valence-electron chi connectivity index (χ2n) is 3.58. The SMILES string of the molecule is C[C@H]1CN(C2CC2)CCN1.Cl. The molecular weight excluding hydrogens is 160 g/mol. The highest BCUT2D eigenvalue weighted by molar-refractivity contribution is 5.85. The first kappa shape index (κ1) is 9.30. The molecule has 3 heteroatoms. The van der Waals surface area contributed by atoms with E-state index in [1.54, 1.807) is 0 Å². The zero-order valence-electron chi connectivity index (χ0n) is 7.05. The van der Waals surface area contributed by atoms with Gasteiger partial charge in [-0.05, 0) is 19.8 Å². The molecule has 1 aliphatic heterocycles. The molecule has 2 aliphatic rings. The lowest BCUT2D eigenvalue weighted by atomic mass is 10.2. The zero-order valence-corrected chi connectivity index (χ0v) is 7.86. The fourth-order valence-electron chi connectivity index (χ4n) is 1.73. The van der Waals surface area contributed by atoms with E-state index < -0.39 is 0 Å². The molecule has 0 aromatic rings. The van der Waals surface area contributed by atoms with Gasteiger partial charge in [0.25, 0.3) is 0 Å². The summed E-state index contributed by atoms with van der Waals surface area (Å²) in [4.78, 5) is 2.63. The fraction of sp³-hybridized carbons (Fsp3) is 1.00. The number of hydrogen-bond donors (Lipinski definition) is 1. The summed E-state index contributed by atoms with van der Waals surface area (Å²) in [5.74, 6) is 0. The van der Waals surface area contributed by atoms with Crippen molar-refractivity contribution in [1.29, 1.82) is 0 Å². The number of rotatable bonds is 1. The highest BCUT2D eigenvalue weighted by Crippen LogP contribution is 2.27. The topological polar surface area (TPSA) is 15.3 Å². The van der Waals surface area contributed by atoms with E-state index in [1.807, 2.05) is 0 Å². The molecule has 0 unspecified atom stereocenters. The zero-order chi connectivity index (χ0) is 6.97. The minimum Gasteiger partial charge on any atom is -0.312 e. The number of nitrogens with zero attached hydrogens (tertiary/aromatic N) is 1. The average Bonchev–Trinajstić information content (AvgIpc) is 2.68. The molecule has 0 aromatic carbocycles. The van der Waals surface area contributed by atoms with Gasteiger partial charge >= 0.3 is 0 Å². The van der Waals surface area contributed by atoms with Gasteiger partial charge in [0.15, 0.2) is 0 Å². The van der Waals surface area contributed by atoms with Gasteiger partial charge in [0.1, 0.15) is 0 Å². The van der Waals surface area contributed by atoms with Gasteiger partial charge in [-0.15, -0.1) is 12.4 Å². The van der Waals surface area contributed by atoms with Crippen molar-refractivity contribution in [2.45, 2.75) is 31.8 Å². The van der Waals surface area contributed by atoms with Crippen molar-refractivity contribution in [3.05, 3.63) is 0 Å². The molecule has 11 heavy (non-hydrogen) atoms. The summed E-state index contributed by atoms with van der Waals surface area (Å²) in [7, 11) is 0. The summed E-state index contributed by atoms with van der Waals surface area (Å²) in [6.45, 7) is 6.01. The van der Waals surface area contributed by atoms with E-state index in [0.717, 1.165) is 6.04 Å². The second-order valence-corrected chi connectivity index (χ2v) is 3.58. The summed E-state index contributed by atoms with van der Waals surface area (Å²) in [6, 6.07) is 1.68. The van der Waals surface area contributed by atoms with Gasteiger partial charge < -0.3 is 5.32 Å². The molecule has 1 saturated carbocycles. The molecular formula is C8H17ClN2. The lowest BCUT2D eigenvalue weighted by Gasteiger charge is -2.31. The Hall–Kier alpha value is 0.210. The van der Waals surface area contributed by atoms with Crippen LogP contribution in [0.1, 0.15) is 19.8 Å². The molecule has 1 N–H and O–H groups in total. The molecule has 0 spiro atoms. The fourth-order valence-corrected chi connectivity index (χ4v) is 1.73. The number of nitrogens with one attached hydrogen (secondary N) is 1. The van der Waals surface area contributed by atoms with Gasteiger partial charge in [-0.2, -0.15) is 0 Å². The van der Waals surface area contributed by atoms with Crippen LogP contribution >= 0.6 is 12.4 Å². The Balaban J connectivity index is 0.000000605. The third-order valence-electron chi connectivity index (χ3n) is 2.46. The molecule has 0 radical (unpaired) electrons. The van der Waals surface area contributed by atoms with Crippen LogP contribution in [0.25, 0.3) is 0 Å². The van der Waals surface area contributed by atoms with Gasteiger partial charge in [0.2, 0.25) is 0 Å². The van der Waals surface area contributed by atoms with Gasteiger partial charge in [0.05, 0.1) is 0 Å². The minimum absolute atomic E-state index is 0. The summed E-state index contributed by atoms with van der Waals surface area (Å²) in [5.41, 5.74) is 0. The van der Waals surface area contributed by atoms with Crippen LogP contribution in [-0.2, 0) is 0 Å². The Morgan fingerprint density at radius 1 is 1.36 bits per heavy atom. The number of halogens is 1. The van der Waals surface area contributed by atoms with Crippen LogP contribution in [-0.4, -0.2) is 36.6 Å². The summed E-state index contributed by atoms with van der Waals surface area (Å²) in [5, 5.41) is 3.45. The van der Waals surface area contributed by atoms with Gasteiger partial charge in [0, 0.05) is 31.7 Å². The Morgan fingerprint density at radius 3 is 2.64 bits per heavy atom. The molecule has 1 atom stereocenters.